The third-order valence-electron chi connectivity index (χ3n) is 4.63. The van der Waals surface area contributed by atoms with Gasteiger partial charge in [0.15, 0.2) is 6.10 Å². The molecule has 3 rings (SSSR count). The molecule has 6 nitrogen and oxygen atoms in total. The van der Waals surface area contributed by atoms with Crippen molar-refractivity contribution in [2.45, 2.75) is 86.5 Å². The number of halogens is 1. The van der Waals surface area contributed by atoms with Crippen molar-refractivity contribution in [1.82, 2.24) is 9.88 Å². The monoisotopic (exact) mass is 466 g/mol. The number of carbonyl (C=O) groups excluding carboxylic acids is 1. The van der Waals surface area contributed by atoms with Crippen LogP contribution < -0.4 is 0 Å². The Morgan fingerprint density at radius 2 is 1.75 bits per heavy atom. The number of hydrogen-bond acceptors (Lipinski definition) is 5. The summed E-state index contributed by atoms with van der Waals surface area (Å²) in [7, 11) is 0. The maximum atomic E-state index is 12.9. The van der Waals surface area contributed by atoms with E-state index in [9.17, 15) is 4.79 Å². The summed E-state index contributed by atoms with van der Waals surface area (Å²) in [6.45, 7) is 18.0. The highest BCUT2D eigenvalue weighted by Gasteiger charge is 2.37. The second-order valence-corrected chi connectivity index (χ2v) is 8.57. The molecule has 1 saturated heterocycles. The van der Waals surface area contributed by atoms with Gasteiger partial charge in [-0.05, 0) is 58.7 Å². The Bertz CT molecular complexity index is 808. The van der Waals surface area contributed by atoms with Crippen molar-refractivity contribution in [3.8, 4) is 0 Å². The molecule has 32 heavy (non-hydrogen) atoms. The van der Waals surface area contributed by atoms with E-state index in [1.807, 2.05) is 86.6 Å². The van der Waals surface area contributed by atoms with Gasteiger partial charge in [0.05, 0.1) is 24.9 Å². The number of aryl methyl sites for hydroxylation is 2. The quantitative estimate of drug-likeness (QED) is 0.491. The second-order valence-electron chi connectivity index (χ2n) is 8.13. The smallest absolute Gasteiger partial charge is 0.410 e. The molecule has 0 radical (unpaired) electrons. The highest BCUT2D eigenvalue weighted by atomic mass is 35.5. The lowest BCUT2D eigenvalue weighted by Crippen LogP contribution is -2.52. The van der Waals surface area contributed by atoms with Gasteiger partial charge in [-0.15, -0.1) is 0 Å². The third kappa shape index (κ3) is 8.14. The standard InChI is InChI=1S/C21H27ClN2O4.2C2H6/c1-13-14(2)27-19(23-13)18-11-24(20(25)28-21(3,4)5)17(12-26-18)10-15-6-8-16(22)9-7-15;2*1-2/h6-9,17-18H,10-12H2,1-5H3;2*1-2H3. The van der Waals surface area contributed by atoms with E-state index in [-0.39, 0.29) is 12.1 Å². The fourth-order valence-corrected chi connectivity index (χ4v) is 3.21. The van der Waals surface area contributed by atoms with E-state index in [0.29, 0.717) is 30.5 Å². The Labute approximate surface area is 198 Å². The molecule has 1 amide bonds. The van der Waals surface area contributed by atoms with E-state index in [4.69, 9.17) is 25.5 Å². The van der Waals surface area contributed by atoms with Gasteiger partial charge in [-0.1, -0.05) is 51.4 Å². The number of benzene rings is 1. The van der Waals surface area contributed by atoms with Crippen molar-refractivity contribution < 1.29 is 18.7 Å². The minimum atomic E-state index is -0.578. The fourth-order valence-electron chi connectivity index (χ4n) is 3.09. The first-order chi connectivity index (χ1) is 15.1. The summed E-state index contributed by atoms with van der Waals surface area (Å²) >= 11 is 5.98. The van der Waals surface area contributed by atoms with E-state index in [1.165, 1.54) is 0 Å². The van der Waals surface area contributed by atoms with Crippen LogP contribution in [0.2, 0.25) is 5.02 Å². The summed E-state index contributed by atoms with van der Waals surface area (Å²) in [4.78, 5) is 19.1. The normalized spacial score (nSPS) is 18.1. The van der Waals surface area contributed by atoms with Crippen molar-refractivity contribution in [3.63, 3.8) is 0 Å². The van der Waals surface area contributed by atoms with Crippen LogP contribution in [0.3, 0.4) is 0 Å². The first-order valence-electron chi connectivity index (χ1n) is 11.4. The van der Waals surface area contributed by atoms with E-state index in [1.54, 1.807) is 4.90 Å². The van der Waals surface area contributed by atoms with Gasteiger partial charge < -0.3 is 13.9 Å². The average Bonchev–Trinajstić information content (AvgIpc) is 3.10. The van der Waals surface area contributed by atoms with E-state index in [2.05, 4.69) is 4.98 Å². The number of rotatable bonds is 3. The van der Waals surface area contributed by atoms with Crippen LogP contribution in [0.5, 0.6) is 0 Å². The number of ether oxygens (including phenoxy) is 2. The number of nitrogens with zero attached hydrogens (tertiary/aromatic N) is 2. The topological polar surface area (TPSA) is 64.8 Å². The number of carbonyl (C=O) groups is 1. The highest BCUT2D eigenvalue weighted by Crippen LogP contribution is 2.28. The number of morpholine rings is 1. The van der Waals surface area contributed by atoms with Crippen LogP contribution in [0, 0.1) is 13.8 Å². The lowest BCUT2D eigenvalue weighted by atomic mass is 10.0. The van der Waals surface area contributed by atoms with E-state index < -0.39 is 11.7 Å². The molecule has 1 aromatic carbocycles. The number of oxazole rings is 1. The zero-order chi connectivity index (χ0) is 24.5. The van der Waals surface area contributed by atoms with Gasteiger partial charge in [0.2, 0.25) is 5.89 Å². The maximum Gasteiger partial charge on any atom is 0.410 e. The lowest BCUT2D eigenvalue weighted by Gasteiger charge is -2.39. The first kappa shape index (κ1) is 28.0. The molecule has 7 heteroatoms. The predicted octanol–water partition coefficient (Wildman–Crippen LogP) is 6.92. The van der Waals surface area contributed by atoms with Gasteiger partial charge in [-0.2, -0.15) is 0 Å². The summed E-state index contributed by atoms with van der Waals surface area (Å²) in [5, 5.41) is 0.683. The lowest BCUT2D eigenvalue weighted by molar-refractivity contribution is -0.0791. The van der Waals surface area contributed by atoms with E-state index in [0.717, 1.165) is 17.0 Å². The summed E-state index contributed by atoms with van der Waals surface area (Å²) in [6, 6.07) is 7.47. The minimum Gasteiger partial charge on any atom is -0.444 e. The van der Waals surface area contributed by atoms with Gasteiger partial charge in [-0.3, -0.25) is 4.90 Å². The highest BCUT2D eigenvalue weighted by molar-refractivity contribution is 6.30. The molecule has 2 unspecified atom stereocenters. The van der Waals surface area contributed by atoms with Crippen LogP contribution in [-0.2, 0) is 15.9 Å². The van der Waals surface area contributed by atoms with Crippen molar-refractivity contribution in [3.05, 3.63) is 52.2 Å². The van der Waals surface area contributed by atoms with Crippen LogP contribution in [0.15, 0.2) is 28.7 Å². The van der Waals surface area contributed by atoms with Crippen LogP contribution >= 0.6 is 11.6 Å². The molecule has 1 aliphatic rings. The zero-order valence-electron chi connectivity index (χ0n) is 21.0. The number of amides is 1. The molecule has 0 saturated carbocycles. The number of aromatic nitrogens is 1. The Hall–Kier alpha value is -2.05. The summed E-state index contributed by atoms with van der Waals surface area (Å²) in [5.41, 5.74) is 1.32. The molecule has 2 atom stereocenters. The summed E-state index contributed by atoms with van der Waals surface area (Å²) in [6.07, 6.45) is -0.131. The Morgan fingerprint density at radius 1 is 1.16 bits per heavy atom. The maximum absolute atomic E-state index is 12.9. The van der Waals surface area contributed by atoms with Gasteiger partial charge in [-0.25, -0.2) is 9.78 Å². The Morgan fingerprint density at radius 3 is 2.25 bits per heavy atom. The van der Waals surface area contributed by atoms with Gasteiger partial charge >= 0.3 is 6.09 Å². The average molecular weight is 467 g/mol. The first-order valence-corrected chi connectivity index (χ1v) is 11.8. The summed E-state index contributed by atoms with van der Waals surface area (Å²) < 4.78 is 17.4. The molecule has 0 N–H and O–H groups in total. The Balaban J connectivity index is 0.00000121. The molecular formula is C25H39ClN2O4. The molecule has 0 bridgehead atoms. The molecule has 2 aromatic rings. The van der Waals surface area contributed by atoms with E-state index >= 15 is 0 Å². The van der Waals surface area contributed by atoms with Crippen molar-refractivity contribution in [1.29, 1.82) is 0 Å². The molecule has 2 heterocycles. The van der Waals surface area contributed by atoms with Crippen molar-refractivity contribution >= 4 is 17.7 Å². The van der Waals surface area contributed by atoms with Gasteiger partial charge in [0.25, 0.3) is 0 Å². The predicted molar refractivity (Wildman–Crippen MR) is 129 cm³/mol. The van der Waals surface area contributed by atoms with Crippen LogP contribution in [0.4, 0.5) is 4.79 Å². The van der Waals surface area contributed by atoms with Crippen LogP contribution in [-0.4, -0.2) is 40.8 Å². The Kier molecular flexibility index (Phi) is 11.2. The SMILES string of the molecule is CC.CC.Cc1nc(C2CN(C(=O)OC(C)(C)C)C(Cc3ccc(Cl)cc3)CO2)oc1C. The molecule has 1 fully saturated rings. The summed E-state index contributed by atoms with van der Waals surface area (Å²) in [5.74, 6) is 1.25. The van der Waals surface area contributed by atoms with Crippen LogP contribution in [0.1, 0.15) is 77.5 Å². The molecule has 1 aromatic heterocycles. The molecule has 1 aliphatic heterocycles. The van der Waals surface area contributed by atoms with Crippen molar-refractivity contribution in [2.75, 3.05) is 13.2 Å². The molecule has 180 valence electrons. The number of hydrogen-bond donors (Lipinski definition) is 0. The van der Waals surface area contributed by atoms with Gasteiger partial charge in [0, 0.05) is 5.02 Å². The molecule has 0 aliphatic carbocycles. The zero-order valence-corrected chi connectivity index (χ0v) is 21.7. The largest absolute Gasteiger partial charge is 0.444 e. The van der Waals surface area contributed by atoms with Crippen molar-refractivity contribution in [2.24, 2.45) is 0 Å². The second kappa shape index (κ2) is 12.9. The molecule has 0 spiro atoms. The molecular weight excluding hydrogens is 428 g/mol. The van der Waals surface area contributed by atoms with Gasteiger partial charge in [0.1, 0.15) is 11.4 Å². The fraction of sp³-hybridized carbons (Fsp3) is 0.600. The third-order valence-corrected chi connectivity index (χ3v) is 4.88. The van der Waals surface area contributed by atoms with Crippen LogP contribution in [0.25, 0.3) is 0 Å². The minimum absolute atomic E-state index is 0.149.